The summed E-state index contributed by atoms with van der Waals surface area (Å²) < 4.78 is 14.7. The lowest BCUT2D eigenvalue weighted by Gasteiger charge is -2.27. The van der Waals surface area contributed by atoms with Crippen LogP contribution in [0.15, 0.2) is 97.2 Å². The van der Waals surface area contributed by atoms with Gasteiger partial charge in [0.2, 0.25) is 23.7 Å². The van der Waals surface area contributed by atoms with Crippen molar-refractivity contribution in [2.75, 3.05) is 34.4 Å². The molecule has 4 aromatic carbocycles. The molecule has 1 unspecified atom stereocenters. The van der Waals surface area contributed by atoms with Crippen LogP contribution in [0.3, 0.4) is 0 Å². The summed E-state index contributed by atoms with van der Waals surface area (Å²) in [5.41, 5.74) is 3.85. The smallest absolute Gasteiger partial charge is 0.264 e. The van der Waals surface area contributed by atoms with Gasteiger partial charge in [-0.1, -0.05) is 61.2 Å². The molecule has 318 valence electrons. The minimum atomic E-state index is -1.01. The number of nitrogens with zero attached hydrogens (tertiary/aromatic N) is 3. The van der Waals surface area contributed by atoms with Crippen molar-refractivity contribution in [2.24, 2.45) is 0 Å². The lowest BCUT2D eigenvalue weighted by atomic mass is 10.0. The first-order chi connectivity index (χ1) is 30.0. The van der Waals surface area contributed by atoms with Gasteiger partial charge in [-0.25, -0.2) is 9.37 Å². The van der Waals surface area contributed by atoms with E-state index < -0.39 is 35.5 Å². The van der Waals surface area contributed by atoms with Gasteiger partial charge >= 0.3 is 0 Å². The van der Waals surface area contributed by atoms with Crippen molar-refractivity contribution in [2.45, 2.75) is 57.4 Å². The Morgan fingerprint density at radius 2 is 1.48 bits per heavy atom. The van der Waals surface area contributed by atoms with E-state index in [0.717, 1.165) is 48.8 Å². The Morgan fingerprint density at radius 1 is 0.790 bits per heavy atom. The van der Waals surface area contributed by atoms with Crippen molar-refractivity contribution in [1.29, 1.82) is 0 Å². The van der Waals surface area contributed by atoms with E-state index >= 15 is 0 Å². The first kappa shape index (κ1) is 42.9. The fourth-order valence-corrected chi connectivity index (χ4v) is 7.27. The number of halogens is 2. The van der Waals surface area contributed by atoms with Crippen LogP contribution in [0, 0.1) is 5.82 Å². The lowest BCUT2D eigenvalue weighted by Crippen LogP contribution is -2.54. The molecule has 62 heavy (non-hydrogen) atoms. The van der Waals surface area contributed by atoms with Gasteiger partial charge in [0.1, 0.15) is 6.04 Å². The van der Waals surface area contributed by atoms with Crippen LogP contribution in [0.5, 0.6) is 0 Å². The second kappa shape index (κ2) is 19.9. The van der Waals surface area contributed by atoms with Gasteiger partial charge in [0.05, 0.1) is 34.5 Å². The quantitative estimate of drug-likeness (QED) is 0.0386. The summed E-state index contributed by atoms with van der Waals surface area (Å²) in [6, 6.07) is 24.5. The number of carbonyl (C=O) groups excluding carboxylic acids is 6. The van der Waals surface area contributed by atoms with Gasteiger partial charge in [-0.2, -0.15) is 4.98 Å². The molecule has 0 spiro atoms. The molecule has 3 heterocycles. The zero-order valence-electron chi connectivity index (χ0n) is 33.4. The summed E-state index contributed by atoms with van der Waals surface area (Å²) >= 11 is 6.14. The van der Waals surface area contributed by atoms with E-state index in [1.54, 1.807) is 78.9 Å². The van der Waals surface area contributed by atoms with Crippen LogP contribution in [0.1, 0.15) is 81.6 Å². The van der Waals surface area contributed by atoms with Crippen molar-refractivity contribution in [3.63, 3.8) is 0 Å². The van der Waals surface area contributed by atoms with E-state index in [1.165, 1.54) is 0 Å². The maximum absolute atomic E-state index is 14.7. The van der Waals surface area contributed by atoms with Crippen LogP contribution in [0.25, 0.3) is 0 Å². The van der Waals surface area contributed by atoms with E-state index in [0.29, 0.717) is 46.4 Å². The maximum atomic E-state index is 14.7. The molecule has 5 aromatic rings. The molecule has 0 aliphatic carbocycles. The monoisotopic (exact) mass is 859 g/mol. The fraction of sp³-hybridized carbons (Fsp3) is 0.244. The predicted molar refractivity (Wildman–Crippen MR) is 232 cm³/mol. The number of hydrogen-bond donors (Lipinski definition) is 6. The summed E-state index contributed by atoms with van der Waals surface area (Å²) in [4.78, 5) is 84.8. The largest absolute Gasteiger partial charge is 0.384 e. The summed E-state index contributed by atoms with van der Waals surface area (Å²) in [6.45, 7) is 1.14. The van der Waals surface area contributed by atoms with Gasteiger partial charge in [-0.3, -0.25) is 39.0 Å². The summed E-state index contributed by atoms with van der Waals surface area (Å²) in [6.07, 6.45) is 5.87. The number of rotatable bonds is 18. The van der Waals surface area contributed by atoms with Gasteiger partial charge in [0, 0.05) is 42.1 Å². The molecule has 0 radical (unpaired) electrons. The molecule has 2 aliphatic rings. The Morgan fingerprint density at radius 3 is 2.24 bits per heavy atom. The normalized spacial score (nSPS) is 14.5. The van der Waals surface area contributed by atoms with E-state index in [1.807, 2.05) is 12.1 Å². The first-order valence-electron chi connectivity index (χ1n) is 20.2. The number of anilines is 6. The van der Waals surface area contributed by atoms with Crippen LogP contribution in [-0.2, 0) is 20.8 Å². The van der Waals surface area contributed by atoms with Gasteiger partial charge in [-0.05, 0) is 85.5 Å². The summed E-state index contributed by atoms with van der Waals surface area (Å²) in [5, 5.41) is 17.6. The SMILES string of the molecule is O=C(Cc1ccc(Nc2ncc(F)c(Nc3ccc(C(=O)Nc4ccccc4Cl)cc3)n2)cc1)NCCCCCCCNc1cccc2c1C(=O)N(C1CCC(=O)NC1=O)C2=O. The van der Waals surface area contributed by atoms with Crippen LogP contribution in [0.2, 0.25) is 5.02 Å². The number of nitrogens with one attached hydrogen (secondary N) is 6. The fourth-order valence-electron chi connectivity index (χ4n) is 7.09. The minimum absolute atomic E-state index is 0.0619. The van der Waals surface area contributed by atoms with Crippen LogP contribution >= 0.6 is 11.6 Å². The van der Waals surface area contributed by atoms with Crippen LogP contribution in [-0.4, -0.2) is 69.4 Å². The molecule has 6 N–H and O–H groups in total. The molecule has 17 heteroatoms. The molecule has 1 saturated heterocycles. The first-order valence-corrected chi connectivity index (χ1v) is 20.6. The average Bonchev–Trinajstić information content (AvgIpc) is 3.52. The number of carbonyl (C=O) groups is 6. The van der Waals surface area contributed by atoms with Crippen molar-refractivity contribution in [3.8, 4) is 0 Å². The highest BCUT2D eigenvalue weighted by Gasteiger charge is 2.45. The molecule has 2 aliphatic heterocycles. The van der Waals surface area contributed by atoms with Gasteiger partial charge in [0.15, 0.2) is 11.6 Å². The standard InChI is InChI=1S/C45H43ClFN9O6/c46-32-10-4-5-11-34(32)53-41(59)28-15-19-29(20-16-28)51-40-33(47)26-50-45(55-40)52-30-17-13-27(14-18-30)25-38(58)49-24-7-3-1-2-6-23-48-35-12-8-9-31-39(35)44(62)56(43(31)61)36-21-22-37(57)54-42(36)60/h4-5,8-20,26,36,48H,1-3,6-7,21-25H2,(H,49,58)(H,53,59)(H,54,57,60)(H2,50,51,52,55). The molecule has 6 amide bonds. The van der Waals surface area contributed by atoms with Crippen molar-refractivity contribution in [1.82, 2.24) is 25.5 Å². The average molecular weight is 860 g/mol. The van der Waals surface area contributed by atoms with Crippen molar-refractivity contribution < 1.29 is 33.2 Å². The number of unbranched alkanes of at least 4 members (excludes halogenated alkanes) is 4. The third-order valence-corrected chi connectivity index (χ3v) is 10.6. The third-order valence-electron chi connectivity index (χ3n) is 10.3. The molecule has 7 rings (SSSR count). The number of hydrogen-bond acceptors (Lipinski definition) is 11. The molecule has 1 atom stereocenters. The number of imide groups is 2. The van der Waals surface area contributed by atoms with Gasteiger partial charge < -0.3 is 26.6 Å². The Bertz CT molecular complexity index is 2500. The Labute approximate surface area is 361 Å². The highest BCUT2D eigenvalue weighted by atomic mass is 35.5. The summed E-state index contributed by atoms with van der Waals surface area (Å²) in [7, 11) is 0. The predicted octanol–water partition coefficient (Wildman–Crippen LogP) is 7.13. The minimum Gasteiger partial charge on any atom is -0.384 e. The van der Waals surface area contributed by atoms with E-state index in [-0.39, 0.29) is 54.0 Å². The zero-order valence-corrected chi connectivity index (χ0v) is 34.2. The molecule has 1 fully saturated rings. The molecular weight excluding hydrogens is 817 g/mol. The second-order valence-electron chi connectivity index (χ2n) is 14.7. The number of para-hydroxylation sites is 1. The van der Waals surface area contributed by atoms with Crippen molar-refractivity contribution in [3.05, 3.63) is 130 Å². The molecular formula is C45H43ClFN9O6. The lowest BCUT2D eigenvalue weighted by molar-refractivity contribution is -0.136. The number of aromatic nitrogens is 2. The summed E-state index contributed by atoms with van der Waals surface area (Å²) in [5.74, 6) is -3.15. The number of amides is 6. The number of piperidine rings is 1. The Kier molecular flexibility index (Phi) is 13.8. The number of fused-ring (bicyclic) bond motifs is 1. The molecule has 1 aromatic heterocycles. The highest BCUT2D eigenvalue weighted by Crippen LogP contribution is 2.32. The third kappa shape index (κ3) is 10.6. The topological polar surface area (TPSA) is 204 Å². The van der Waals surface area contributed by atoms with Crippen molar-refractivity contribution >= 4 is 81.6 Å². The van der Waals surface area contributed by atoms with Gasteiger partial charge in [0.25, 0.3) is 17.7 Å². The molecule has 0 saturated carbocycles. The van der Waals surface area contributed by atoms with Crippen LogP contribution < -0.4 is 31.9 Å². The maximum Gasteiger partial charge on any atom is 0.264 e. The second-order valence-corrected chi connectivity index (χ2v) is 15.2. The highest BCUT2D eigenvalue weighted by molar-refractivity contribution is 6.34. The van der Waals surface area contributed by atoms with E-state index in [9.17, 15) is 33.2 Å². The van der Waals surface area contributed by atoms with Crippen LogP contribution in [0.4, 0.5) is 38.9 Å². The zero-order chi connectivity index (χ0) is 43.6. The Balaban J connectivity index is 0.782. The van der Waals surface area contributed by atoms with Gasteiger partial charge in [-0.15, -0.1) is 0 Å². The molecule has 0 bridgehead atoms. The Hall–Kier alpha value is -7.20. The molecule has 15 nitrogen and oxygen atoms in total. The number of benzene rings is 4. The van der Waals surface area contributed by atoms with E-state index in [4.69, 9.17) is 11.6 Å². The van der Waals surface area contributed by atoms with E-state index in [2.05, 4.69) is 41.9 Å².